The average molecular weight is 539 g/mol. The Morgan fingerprint density at radius 1 is 1.11 bits per heavy atom. The molecule has 186 valence electrons. The van der Waals surface area contributed by atoms with Crippen molar-refractivity contribution in [2.45, 2.75) is 39.0 Å². The zero-order valence-corrected chi connectivity index (χ0v) is 21.9. The highest BCUT2D eigenvalue weighted by molar-refractivity contribution is 6.44. The number of nitrogens with zero attached hydrogens (tertiary/aromatic N) is 3. The van der Waals surface area contributed by atoms with Crippen molar-refractivity contribution in [2.75, 3.05) is 17.3 Å². The maximum absolute atomic E-state index is 13.4. The molecule has 0 bridgehead atoms. The van der Waals surface area contributed by atoms with Gasteiger partial charge in [-0.3, -0.25) is 0 Å². The molecule has 0 saturated carbocycles. The fourth-order valence-electron chi connectivity index (χ4n) is 2.97. The van der Waals surface area contributed by atoms with Crippen molar-refractivity contribution in [3.63, 3.8) is 0 Å². The van der Waals surface area contributed by atoms with Gasteiger partial charge in [0, 0.05) is 29.4 Å². The lowest BCUT2D eigenvalue weighted by atomic mass is 10.0. The summed E-state index contributed by atoms with van der Waals surface area (Å²) in [4.78, 5) is 23.5. The van der Waals surface area contributed by atoms with Crippen LogP contribution in [0.25, 0.3) is 0 Å². The molecule has 1 atom stereocenters. The van der Waals surface area contributed by atoms with Gasteiger partial charge >= 0.3 is 6.03 Å². The van der Waals surface area contributed by atoms with Crippen molar-refractivity contribution >= 4 is 58.3 Å². The van der Waals surface area contributed by atoms with Crippen LogP contribution in [0.1, 0.15) is 26.3 Å². The van der Waals surface area contributed by atoms with E-state index in [0.29, 0.717) is 32.9 Å². The lowest BCUT2D eigenvalue weighted by molar-refractivity contribution is 0.0646. The number of hydrogen-bond acceptors (Lipinski definition) is 6. The molecule has 1 aromatic heterocycles. The third kappa shape index (κ3) is 6.67. The first-order valence-electron chi connectivity index (χ1n) is 10.7. The Kier molecular flexibility index (Phi) is 8.66. The Balaban J connectivity index is 1.94. The van der Waals surface area contributed by atoms with Gasteiger partial charge < -0.3 is 20.5 Å². The summed E-state index contributed by atoms with van der Waals surface area (Å²) in [5.74, 6) is 1.19. The Labute approximate surface area is 219 Å². The first kappa shape index (κ1) is 26.8. The van der Waals surface area contributed by atoms with E-state index in [4.69, 9.17) is 39.5 Å². The fraction of sp³-hybridized carbons (Fsp3) is 0.292. The topological polar surface area (TPSA) is 99.6 Å². The van der Waals surface area contributed by atoms with Crippen molar-refractivity contribution in [2.24, 2.45) is 0 Å². The number of carbonyl (C=O) groups excluding carboxylic acids is 1. The number of anilines is 3. The number of aromatic nitrogens is 2. The molecule has 0 saturated heterocycles. The van der Waals surface area contributed by atoms with Gasteiger partial charge in [0.2, 0.25) is 5.95 Å². The number of hydrogen-bond donors (Lipinski definition) is 3. The SMILES string of the molecule is COc1ccc(N(C(=O)NCc2c(Cl)ccc(Cl)c2Cl)c2ccnc(N[C@@H](C)C(C)(C)O)n2)cc1. The minimum absolute atomic E-state index is 0.0373. The maximum atomic E-state index is 13.4. The average Bonchev–Trinajstić information content (AvgIpc) is 2.82. The van der Waals surface area contributed by atoms with E-state index in [9.17, 15) is 9.90 Å². The number of rotatable bonds is 8. The molecule has 0 radical (unpaired) electrons. The van der Waals surface area contributed by atoms with Crippen molar-refractivity contribution in [1.29, 1.82) is 0 Å². The van der Waals surface area contributed by atoms with Gasteiger partial charge in [0.05, 0.1) is 34.5 Å². The van der Waals surface area contributed by atoms with Gasteiger partial charge in [-0.05, 0) is 57.2 Å². The van der Waals surface area contributed by atoms with Gasteiger partial charge in [-0.25, -0.2) is 14.7 Å². The van der Waals surface area contributed by atoms with E-state index in [1.807, 2.05) is 6.92 Å². The molecule has 0 aliphatic heterocycles. The lowest BCUT2D eigenvalue weighted by Crippen LogP contribution is -2.40. The standard InChI is InChI=1S/C24H26Cl3N5O3/c1-14(24(2,3)34)30-22-28-12-11-20(31-22)32(15-5-7-16(35-4)8-6-15)23(33)29-13-17-18(25)9-10-19(26)21(17)27/h5-12,14,34H,13H2,1-4H3,(H,29,33)(H,28,30,31)/t14-/m0/s1. The summed E-state index contributed by atoms with van der Waals surface area (Å²) in [5, 5.41) is 17.1. The van der Waals surface area contributed by atoms with Crippen LogP contribution >= 0.6 is 34.8 Å². The molecule has 0 aliphatic rings. The molecule has 2 amide bonds. The molecule has 8 nitrogen and oxygen atoms in total. The van der Waals surface area contributed by atoms with E-state index in [1.54, 1.807) is 63.4 Å². The smallest absolute Gasteiger partial charge is 0.327 e. The minimum Gasteiger partial charge on any atom is -0.497 e. The van der Waals surface area contributed by atoms with E-state index in [2.05, 4.69) is 20.6 Å². The summed E-state index contributed by atoms with van der Waals surface area (Å²) in [5.41, 5.74) is 0.0155. The van der Waals surface area contributed by atoms with Crippen molar-refractivity contribution < 1.29 is 14.6 Å². The highest BCUT2D eigenvalue weighted by Gasteiger charge is 2.25. The number of aliphatic hydroxyl groups is 1. The Hall–Kier alpha value is -2.78. The molecule has 3 N–H and O–H groups in total. The van der Waals surface area contributed by atoms with Crippen LogP contribution < -0.4 is 20.3 Å². The monoisotopic (exact) mass is 537 g/mol. The third-order valence-corrected chi connectivity index (χ3v) is 6.56. The summed E-state index contributed by atoms with van der Waals surface area (Å²) >= 11 is 18.7. The number of methoxy groups -OCH3 is 1. The van der Waals surface area contributed by atoms with Crippen LogP contribution in [0.5, 0.6) is 5.75 Å². The van der Waals surface area contributed by atoms with Crippen LogP contribution in [0.4, 0.5) is 22.2 Å². The zero-order valence-electron chi connectivity index (χ0n) is 19.6. The van der Waals surface area contributed by atoms with Crippen LogP contribution in [0.2, 0.25) is 15.1 Å². The zero-order chi connectivity index (χ0) is 25.8. The van der Waals surface area contributed by atoms with Crippen molar-refractivity contribution in [3.05, 3.63) is 69.3 Å². The second kappa shape index (κ2) is 11.3. The summed E-state index contributed by atoms with van der Waals surface area (Å²) in [6.45, 7) is 5.20. The third-order valence-electron chi connectivity index (χ3n) is 5.36. The Morgan fingerprint density at radius 2 is 1.77 bits per heavy atom. The highest BCUT2D eigenvalue weighted by Crippen LogP contribution is 2.32. The van der Waals surface area contributed by atoms with Crippen LogP contribution in [-0.4, -0.2) is 39.9 Å². The summed E-state index contributed by atoms with van der Waals surface area (Å²) in [6.07, 6.45) is 1.52. The molecule has 0 fully saturated rings. The molecule has 0 spiro atoms. The maximum Gasteiger partial charge on any atom is 0.327 e. The van der Waals surface area contributed by atoms with Crippen LogP contribution in [0.15, 0.2) is 48.7 Å². The molecular weight excluding hydrogens is 513 g/mol. The summed E-state index contributed by atoms with van der Waals surface area (Å²) in [6, 6.07) is 10.9. The van der Waals surface area contributed by atoms with E-state index in [1.165, 1.54) is 11.1 Å². The number of benzene rings is 2. The van der Waals surface area contributed by atoms with E-state index in [0.717, 1.165) is 0 Å². The molecule has 0 unspecified atom stereocenters. The largest absolute Gasteiger partial charge is 0.497 e. The first-order valence-corrected chi connectivity index (χ1v) is 11.8. The predicted molar refractivity (Wildman–Crippen MR) is 140 cm³/mol. The van der Waals surface area contributed by atoms with Gasteiger partial charge in [0.25, 0.3) is 0 Å². The number of ether oxygens (including phenoxy) is 1. The van der Waals surface area contributed by atoms with Gasteiger partial charge in [-0.15, -0.1) is 0 Å². The molecule has 2 aromatic carbocycles. The number of carbonyl (C=O) groups is 1. The number of urea groups is 1. The quantitative estimate of drug-likeness (QED) is 0.301. The summed E-state index contributed by atoms with van der Waals surface area (Å²) < 4.78 is 5.23. The number of amides is 2. The van der Waals surface area contributed by atoms with Crippen LogP contribution in [0, 0.1) is 0 Å². The highest BCUT2D eigenvalue weighted by atomic mass is 35.5. The summed E-state index contributed by atoms with van der Waals surface area (Å²) in [7, 11) is 1.56. The van der Waals surface area contributed by atoms with Crippen molar-refractivity contribution in [3.8, 4) is 5.75 Å². The van der Waals surface area contributed by atoms with Gasteiger partial charge in [0.15, 0.2) is 0 Å². The molecule has 35 heavy (non-hydrogen) atoms. The van der Waals surface area contributed by atoms with Crippen LogP contribution in [-0.2, 0) is 6.54 Å². The molecule has 11 heteroatoms. The number of halogens is 3. The second-order valence-electron chi connectivity index (χ2n) is 8.27. The van der Waals surface area contributed by atoms with E-state index >= 15 is 0 Å². The second-order valence-corrected chi connectivity index (χ2v) is 9.46. The molecule has 1 heterocycles. The molecule has 3 rings (SSSR count). The van der Waals surface area contributed by atoms with E-state index in [-0.39, 0.29) is 23.6 Å². The van der Waals surface area contributed by atoms with Crippen molar-refractivity contribution in [1.82, 2.24) is 15.3 Å². The van der Waals surface area contributed by atoms with Gasteiger partial charge in [-0.1, -0.05) is 34.8 Å². The normalized spacial score (nSPS) is 12.1. The minimum atomic E-state index is -1.01. The van der Waals surface area contributed by atoms with Crippen LogP contribution in [0.3, 0.4) is 0 Å². The lowest BCUT2D eigenvalue weighted by Gasteiger charge is -2.27. The molecular formula is C24H26Cl3N5O3. The molecule has 0 aliphatic carbocycles. The predicted octanol–water partition coefficient (Wildman–Crippen LogP) is 6.06. The first-order chi connectivity index (χ1) is 16.5. The fourth-order valence-corrected chi connectivity index (χ4v) is 3.65. The van der Waals surface area contributed by atoms with Gasteiger partial charge in [-0.2, -0.15) is 4.98 Å². The van der Waals surface area contributed by atoms with E-state index < -0.39 is 11.6 Å². The Bertz CT molecular complexity index is 1190. The Morgan fingerprint density at radius 3 is 2.40 bits per heavy atom. The van der Waals surface area contributed by atoms with Gasteiger partial charge in [0.1, 0.15) is 11.6 Å². The molecule has 3 aromatic rings. The number of nitrogens with one attached hydrogen (secondary N) is 2.